The normalized spacial score (nSPS) is 29.2. The molecule has 0 saturated heterocycles. The Labute approximate surface area is 79.6 Å². The fourth-order valence-corrected chi connectivity index (χ4v) is 2.47. The molecule has 0 aromatic rings. The van der Waals surface area contributed by atoms with E-state index in [4.69, 9.17) is 5.11 Å². The molecular weight excluding hydrogens is 164 g/mol. The van der Waals surface area contributed by atoms with Crippen LogP contribution in [0.15, 0.2) is 11.8 Å². The topological polar surface area (TPSA) is 37.3 Å². The van der Waals surface area contributed by atoms with E-state index in [1.165, 1.54) is 0 Å². The zero-order valence-corrected chi connectivity index (χ0v) is 8.85. The summed E-state index contributed by atoms with van der Waals surface area (Å²) in [5.74, 6) is 0.0920. The third-order valence-corrected chi connectivity index (χ3v) is 2.65. The van der Waals surface area contributed by atoms with Crippen LogP contribution in [-0.4, -0.2) is 10.9 Å². The molecule has 0 heterocycles. The minimum atomic E-state index is -0.323. The Morgan fingerprint density at radius 1 is 1.31 bits per heavy atom. The maximum atomic E-state index is 11.7. The van der Waals surface area contributed by atoms with Gasteiger partial charge in [-0.3, -0.25) is 4.79 Å². The predicted octanol–water partition coefficient (Wildman–Crippen LogP) is 2.84. The van der Waals surface area contributed by atoms with E-state index in [9.17, 15) is 4.79 Å². The summed E-state index contributed by atoms with van der Waals surface area (Å²) in [5.41, 5.74) is 0.365. The summed E-state index contributed by atoms with van der Waals surface area (Å²) in [7, 11) is 0. The van der Waals surface area contributed by atoms with E-state index in [2.05, 4.69) is 13.8 Å². The number of hydrogen-bond acceptors (Lipinski definition) is 2. The minimum absolute atomic E-state index is 0.0920. The van der Waals surface area contributed by atoms with Gasteiger partial charge in [0.25, 0.3) is 0 Å². The van der Waals surface area contributed by atoms with E-state index in [0.29, 0.717) is 12.0 Å². The Balaban J connectivity index is 3.02. The van der Waals surface area contributed by atoms with Crippen LogP contribution >= 0.6 is 0 Å². The molecule has 13 heavy (non-hydrogen) atoms. The van der Waals surface area contributed by atoms with Crippen molar-refractivity contribution in [3.05, 3.63) is 11.8 Å². The zero-order valence-electron chi connectivity index (χ0n) is 8.85. The molecule has 1 rings (SSSR count). The zero-order chi connectivity index (χ0) is 10.3. The molecule has 0 atom stereocenters. The monoisotopic (exact) mass is 182 g/mol. The summed E-state index contributed by atoms with van der Waals surface area (Å²) in [6, 6.07) is 0. The molecule has 0 unspecified atom stereocenters. The number of aliphatic hydroxyl groups is 1. The molecule has 0 aromatic carbocycles. The lowest BCUT2D eigenvalue weighted by molar-refractivity contribution is -0.127. The second kappa shape index (κ2) is 2.86. The van der Waals surface area contributed by atoms with Crippen molar-refractivity contribution >= 4 is 5.78 Å². The fourth-order valence-electron chi connectivity index (χ4n) is 2.47. The Bertz CT molecular complexity index is 259. The highest BCUT2D eigenvalue weighted by Gasteiger charge is 2.42. The third kappa shape index (κ3) is 1.93. The van der Waals surface area contributed by atoms with Crippen LogP contribution in [0.3, 0.4) is 0 Å². The van der Waals surface area contributed by atoms with E-state index >= 15 is 0 Å². The first-order valence-corrected chi connectivity index (χ1v) is 4.67. The van der Waals surface area contributed by atoms with E-state index in [0.717, 1.165) is 12.7 Å². The van der Waals surface area contributed by atoms with E-state index < -0.39 is 0 Å². The quantitative estimate of drug-likeness (QED) is 0.462. The van der Waals surface area contributed by atoms with Gasteiger partial charge in [0.15, 0.2) is 5.78 Å². The Morgan fingerprint density at radius 3 is 2.31 bits per heavy atom. The van der Waals surface area contributed by atoms with Crippen LogP contribution in [0.4, 0.5) is 0 Å². The fraction of sp³-hybridized carbons (Fsp3) is 0.727. The second-order valence-electron chi connectivity index (χ2n) is 5.39. The molecule has 1 aliphatic rings. The van der Waals surface area contributed by atoms with E-state index in [1.807, 2.05) is 13.8 Å². The summed E-state index contributed by atoms with van der Waals surface area (Å²) in [5, 5.41) is 8.94. The molecule has 0 aromatic heterocycles. The van der Waals surface area contributed by atoms with Gasteiger partial charge >= 0.3 is 0 Å². The number of ketones is 1. The third-order valence-electron chi connectivity index (χ3n) is 2.65. The van der Waals surface area contributed by atoms with Crippen molar-refractivity contribution in [2.24, 2.45) is 10.8 Å². The highest BCUT2D eigenvalue weighted by molar-refractivity contribution is 6.00. The number of rotatable bonds is 0. The van der Waals surface area contributed by atoms with Crippen LogP contribution in [-0.2, 0) is 4.79 Å². The van der Waals surface area contributed by atoms with Gasteiger partial charge in [0.1, 0.15) is 0 Å². The molecule has 0 radical (unpaired) electrons. The number of Topliss-reactive ketones (excluding diaryl/α,β-unsaturated/α-hetero) is 1. The lowest BCUT2D eigenvalue weighted by Gasteiger charge is -2.40. The van der Waals surface area contributed by atoms with Crippen LogP contribution in [0.5, 0.6) is 0 Å². The van der Waals surface area contributed by atoms with Crippen molar-refractivity contribution in [1.29, 1.82) is 0 Å². The first-order chi connectivity index (χ1) is 5.78. The molecule has 0 bridgehead atoms. The Hall–Kier alpha value is -0.790. The molecule has 0 spiro atoms. The van der Waals surface area contributed by atoms with Gasteiger partial charge < -0.3 is 5.11 Å². The van der Waals surface area contributed by atoms with Crippen molar-refractivity contribution in [2.75, 3.05) is 0 Å². The summed E-state index contributed by atoms with van der Waals surface area (Å²) in [6.45, 7) is 8.15. The summed E-state index contributed by atoms with van der Waals surface area (Å²) >= 11 is 0. The predicted molar refractivity (Wildman–Crippen MR) is 52.5 cm³/mol. The summed E-state index contributed by atoms with van der Waals surface area (Å²) in [6.07, 6.45) is 2.55. The SMILES string of the molecule is CC1(C)C/C(=C/O)C(=O)C(C)(C)C1. The minimum Gasteiger partial charge on any atom is -0.515 e. The van der Waals surface area contributed by atoms with Crippen LogP contribution < -0.4 is 0 Å². The maximum Gasteiger partial charge on any atom is 0.167 e. The van der Waals surface area contributed by atoms with Crippen LogP contribution in [0.25, 0.3) is 0 Å². The molecule has 1 N–H and O–H groups in total. The lowest BCUT2D eigenvalue weighted by atomic mass is 9.63. The van der Waals surface area contributed by atoms with Crippen molar-refractivity contribution in [3.63, 3.8) is 0 Å². The van der Waals surface area contributed by atoms with Crippen molar-refractivity contribution < 1.29 is 9.90 Å². The number of hydrogen-bond donors (Lipinski definition) is 1. The average Bonchev–Trinajstić information content (AvgIpc) is 1.95. The molecule has 0 aliphatic heterocycles. The van der Waals surface area contributed by atoms with Gasteiger partial charge in [0, 0.05) is 11.0 Å². The summed E-state index contributed by atoms with van der Waals surface area (Å²) < 4.78 is 0. The Morgan fingerprint density at radius 2 is 1.85 bits per heavy atom. The van der Waals surface area contributed by atoms with Crippen LogP contribution in [0.2, 0.25) is 0 Å². The number of aliphatic hydroxyl groups excluding tert-OH is 1. The molecule has 0 amide bonds. The first kappa shape index (κ1) is 10.3. The smallest absolute Gasteiger partial charge is 0.167 e. The summed E-state index contributed by atoms with van der Waals surface area (Å²) in [4.78, 5) is 11.7. The number of carbonyl (C=O) groups excluding carboxylic acids is 1. The van der Waals surface area contributed by atoms with Crippen LogP contribution in [0.1, 0.15) is 40.5 Å². The van der Waals surface area contributed by atoms with Gasteiger partial charge in [0.05, 0.1) is 6.26 Å². The van der Waals surface area contributed by atoms with Gasteiger partial charge in [-0.25, -0.2) is 0 Å². The van der Waals surface area contributed by atoms with Gasteiger partial charge in [-0.2, -0.15) is 0 Å². The molecule has 74 valence electrons. The highest BCUT2D eigenvalue weighted by atomic mass is 16.2. The second-order valence-corrected chi connectivity index (χ2v) is 5.39. The average molecular weight is 182 g/mol. The largest absolute Gasteiger partial charge is 0.515 e. The highest BCUT2D eigenvalue weighted by Crippen LogP contribution is 2.45. The maximum absolute atomic E-state index is 11.7. The molecule has 1 fully saturated rings. The van der Waals surface area contributed by atoms with E-state index in [1.54, 1.807) is 0 Å². The van der Waals surface area contributed by atoms with Gasteiger partial charge in [-0.05, 0) is 18.3 Å². The molecule has 1 saturated carbocycles. The van der Waals surface area contributed by atoms with Gasteiger partial charge in [0.2, 0.25) is 0 Å². The first-order valence-electron chi connectivity index (χ1n) is 4.67. The van der Waals surface area contributed by atoms with E-state index in [-0.39, 0.29) is 16.6 Å². The molecule has 1 aliphatic carbocycles. The van der Waals surface area contributed by atoms with Crippen LogP contribution in [0, 0.1) is 10.8 Å². The molecular formula is C11H18O2. The van der Waals surface area contributed by atoms with Crippen molar-refractivity contribution in [2.45, 2.75) is 40.5 Å². The van der Waals surface area contributed by atoms with Gasteiger partial charge in [-0.15, -0.1) is 0 Å². The molecule has 2 heteroatoms. The van der Waals surface area contributed by atoms with Gasteiger partial charge in [-0.1, -0.05) is 27.7 Å². The van der Waals surface area contributed by atoms with Crippen molar-refractivity contribution in [1.82, 2.24) is 0 Å². The lowest BCUT2D eigenvalue weighted by Crippen LogP contribution is -2.38. The number of allylic oxidation sites excluding steroid dienone is 1. The standard InChI is InChI=1S/C11H18O2/c1-10(2)5-8(6-12)9(13)11(3,4)7-10/h6,12H,5,7H2,1-4H3/b8-6-. The number of carbonyl (C=O) groups is 1. The Kier molecular flexibility index (Phi) is 2.27. The molecule has 2 nitrogen and oxygen atoms in total. The van der Waals surface area contributed by atoms with Crippen molar-refractivity contribution in [3.8, 4) is 0 Å².